The number of carbonyl (C=O) groups is 1. The lowest BCUT2D eigenvalue weighted by molar-refractivity contribution is -0.123. The first-order chi connectivity index (χ1) is 9.58. The van der Waals surface area contributed by atoms with E-state index in [1.165, 1.54) is 0 Å². The molecule has 6 heteroatoms. The van der Waals surface area contributed by atoms with Crippen LogP contribution in [0.5, 0.6) is 0 Å². The minimum atomic E-state index is 0.126. The molecule has 6 nitrogen and oxygen atoms in total. The number of hydrogen-bond donors (Lipinski definition) is 2. The van der Waals surface area contributed by atoms with Crippen molar-refractivity contribution in [1.29, 1.82) is 0 Å². The zero-order valence-electron chi connectivity index (χ0n) is 12.4. The summed E-state index contributed by atoms with van der Waals surface area (Å²) in [5, 5.41) is 7.28. The number of nitrogens with two attached hydrogens (primary N) is 1. The molecule has 0 radical (unpaired) electrons. The zero-order chi connectivity index (χ0) is 14.5. The lowest BCUT2D eigenvalue weighted by Gasteiger charge is -2.31. The second kappa shape index (κ2) is 6.74. The quantitative estimate of drug-likeness (QED) is 0.843. The normalized spacial score (nSPS) is 18.9. The number of carbonyl (C=O) groups excluding carboxylic acids is 1. The van der Waals surface area contributed by atoms with Gasteiger partial charge in [-0.15, -0.1) is 0 Å². The molecule has 1 aliphatic heterocycles. The van der Waals surface area contributed by atoms with Crippen molar-refractivity contribution in [3.63, 3.8) is 0 Å². The number of nitrogens with one attached hydrogen (secondary N) is 1. The van der Waals surface area contributed by atoms with Crippen LogP contribution in [-0.4, -0.2) is 46.3 Å². The van der Waals surface area contributed by atoms with Crippen molar-refractivity contribution in [2.24, 2.45) is 0 Å². The number of piperidine rings is 1. The number of hydrogen-bond acceptors (Lipinski definition) is 4. The summed E-state index contributed by atoms with van der Waals surface area (Å²) in [7, 11) is 0. The molecule has 1 aromatic heterocycles. The summed E-state index contributed by atoms with van der Waals surface area (Å²) in [5.41, 5.74) is 5.64. The number of nitrogens with zero attached hydrogens (tertiary/aromatic N) is 3. The van der Waals surface area contributed by atoms with E-state index in [4.69, 9.17) is 5.73 Å². The zero-order valence-corrected chi connectivity index (χ0v) is 12.4. The van der Waals surface area contributed by atoms with Crippen LogP contribution in [0.1, 0.15) is 39.2 Å². The SMILES string of the molecule is CCC(C)NC(=O)CN1CCC(n2ccc(N)n2)CC1. The second-order valence-corrected chi connectivity index (χ2v) is 5.60. The third kappa shape index (κ3) is 3.96. The van der Waals surface area contributed by atoms with Crippen LogP contribution in [0.2, 0.25) is 0 Å². The first-order valence-electron chi connectivity index (χ1n) is 7.40. The van der Waals surface area contributed by atoms with Crippen LogP contribution in [-0.2, 0) is 4.79 Å². The Morgan fingerprint density at radius 2 is 2.25 bits per heavy atom. The van der Waals surface area contributed by atoms with Crippen molar-refractivity contribution in [3.8, 4) is 0 Å². The number of nitrogen functional groups attached to an aromatic ring is 1. The molecule has 1 fully saturated rings. The predicted octanol–water partition coefficient (Wildman–Crippen LogP) is 1.02. The standard InChI is InChI=1S/C14H25N5O/c1-3-11(2)16-14(20)10-18-7-4-12(5-8-18)19-9-6-13(15)17-19/h6,9,11-12H,3-5,7-8,10H2,1-2H3,(H2,15,17)(H,16,20). The highest BCUT2D eigenvalue weighted by Crippen LogP contribution is 2.21. The van der Waals surface area contributed by atoms with Gasteiger partial charge in [0.15, 0.2) is 0 Å². The minimum absolute atomic E-state index is 0.126. The molecule has 112 valence electrons. The van der Waals surface area contributed by atoms with E-state index in [0.717, 1.165) is 32.4 Å². The first kappa shape index (κ1) is 14.8. The fourth-order valence-electron chi connectivity index (χ4n) is 2.52. The van der Waals surface area contributed by atoms with Crippen LogP contribution in [0, 0.1) is 0 Å². The molecule has 0 aromatic carbocycles. The van der Waals surface area contributed by atoms with Gasteiger partial charge >= 0.3 is 0 Å². The van der Waals surface area contributed by atoms with Gasteiger partial charge in [0.2, 0.25) is 5.91 Å². The summed E-state index contributed by atoms with van der Waals surface area (Å²) in [6.45, 7) is 6.47. The lowest BCUT2D eigenvalue weighted by Crippen LogP contribution is -2.44. The van der Waals surface area contributed by atoms with Crippen molar-refractivity contribution in [3.05, 3.63) is 12.3 Å². The fourth-order valence-corrected chi connectivity index (χ4v) is 2.52. The Morgan fingerprint density at radius 3 is 2.80 bits per heavy atom. The van der Waals surface area contributed by atoms with Crippen molar-refractivity contribution >= 4 is 11.7 Å². The van der Waals surface area contributed by atoms with E-state index in [1.54, 1.807) is 0 Å². The molecular formula is C14H25N5O. The van der Waals surface area contributed by atoms with Crippen LogP contribution in [0.15, 0.2) is 12.3 Å². The third-order valence-electron chi connectivity index (χ3n) is 3.95. The average Bonchev–Trinajstić information content (AvgIpc) is 2.86. The van der Waals surface area contributed by atoms with Crippen LogP contribution >= 0.6 is 0 Å². The van der Waals surface area contributed by atoms with E-state index < -0.39 is 0 Å². The number of aromatic nitrogens is 2. The van der Waals surface area contributed by atoms with Crippen molar-refractivity contribution in [2.75, 3.05) is 25.4 Å². The molecule has 1 unspecified atom stereocenters. The maximum Gasteiger partial charge on any atom is 0.234 e. The van der Waals surface area contributed by atoms with E-state index in [2.05, 4.69) is 22.2 Å². The molecule has 0 aliphatic carbocycles. The maximum absolute atomic E-state index is 11.8. The smallest absolute Gasteiger partial charge is 0.234 e. The first-order valence-corrected chi connectivity index (χ1v) is 7.40. The summed E-state index contributed by atoms with van der Waals surface area (Å²) < 4.78 is 1.95. The molecule has 1 aromatic rings. The number of amides is 1. The third-order valence-corrected chi connectivity index (χ3v) is 3.95. The van der Waals surface area contributed by atoms with E-state index in [-0.39, 0.29) is 11.9 Å². The summed E-state index contributed by atoms with van der Waals surface area (Å²) in [5.74, 6) is 0.696. The summed E-state index contributed by atoms with van der Waals surface area (Å²) in [6, 6.07) is 2.49. The van der Waals surface area contributed by atoms with Gasteiger partial charge < -0.3 is 11.1 Å². The second-order valence-electron chi connectivity index (χ2n) is 5.60. The van der Waals surface area contributed by atoms with Crippen molar-refractivity contribution in [2.45, 2.75) is 45.2 Å². The Balaban J connectivity index is 1.75. The minimum Gasteiger partial charge on any atom is -0.382 e. The largest absolute Gasteiger partial charge is 0.382 e. The summed E-state index contributed by atoms with van der Waals surface area (Å²) in [4.78, 5) is 14.1. The monoisotopic (exact) mass is 279 g/mol. The van der Waals surface area contributed by atoms with Gasteiger partial charge in [-0.1, -0.05) is 6.92 Å². The number of likely N-dealkylation sites (tertiary alicyclic amines) is 1. The Kier molecular flexibility index (Phi) is 5.00. The van der Waals surface area contributed by atoms with Crippen LogP contribution in [0.4, 0.5) is 5.82 Å². The highest BCUT2D eigenvalue weighted by Gasteiger charge is 2.22. The molecule has 1 amide bonds. The van der Waals surface area contributed by atoms with Gasteiger partial charge in [-0.25, -0.2) is 0 Å². The van der Waals surface area contributed by atoms with E-state index in [9.17, 15) is 4.79 Å². The molecular weight excluding hydrogens is 254 g/mol. The van der Waals surface area contributed by atoms with E-state index in [1.807, 2.05) is 23.9 Å². The molecule has 1 atom stereocenters. The molecule has 0 spiro atoms. The molecule has 2 rings (SSSR count). The van der Waals surface area contributed by atoms with Gasteiger partial charge in [-0.3, -0.25) is 14.4 Å². The molecule has 3 N–H and O–H groups in total. The Labute approximate surface area is 120 Å². The molecule has 0 saturated carbocycles. The summed E-state index contributed by atoms with van der Waals surface area (Å²) in [6.07, 6.45) is 4.93. The predicted molar refractivity (Wildman–Crippen MR) is 79.2 cm³/mol. The Morgan fingerprint density at radius 1 is 1.55 bits per heavy atom. The van der Waals surface area contributed by atoms with Crippen LogP contribution in [0.25, 0.3) is 0 Å². The molecule has 1 saturated heterocycles. The van der Waals surface area contributed by atoms with Gasteiger partial charge in [-0.05, 0) is 32.3 Å². The molecule has 2 heterocycles. The van der Waals surface area contributed by atoms with Gasteiger partial charge in [0.25, 0.3) is 0 Å². The van der Waals surface area contributed by atoms with Gasteiger partial charge in [0.1, 0.15) is 5.82 Å². The molecule has 20 heavy (non-hydrogen) atoms. The fraction of sp³-hybridized carbons (Fsp3) is 0.714. The van der Waals surface area contributed by atoms with Gasteiger partial charge in [0, 0.05) is 25.3 Å². The van der Waals surface area contributed by atoms with E-state index in [0.29, 0.717) is 18.4 Å². The number of anilines is 1. The van der Waals surface area contributed by atoms with Gasteiger partial charge in [0.05, 0.1) is 12.6 Å². The maximum atomic E-state index is 11.8. The number of rotatable bonds is 5. The Bertz CT molecular complexity index is 437. The van der Waals surface area contributed by atoms with E-state index >= 15 is 0 Å². The summed E-state index contributed by atoms with van der Waals surface area (Å²) >= 11 is 0. The average molecular weight is 279 g/mol. The molecule has 1 aliphatic rings. The van der Waals surface area contributed by atoms with Crippen molar-refractivity contribution < 1.29 is 4.79 Å². The highest BCUT2D eigenvalue weighted by molar-refractivity contribution is 5.78. The van der Waals surface area contributed by atoms with Crippen LogP contribution < -0.4 is 11.1 Å². The Hall–Kier alpha value is -1.56. The topological polar surface area (TPSA) is 76.2 Å². The van der Waals surface area contributed by atoms with Crippen molar-refractivity contribution in [1.82, 2.24) is 20.0 Å². The van der Waals surface area contributed by atoms with Gasteiger partial charge in [-0.2, -0.15) is 5.10 Å². The highest BCUT2D eigenvalue weighted by atomic mass is 16.2. The molecule has 0 bridgehead atoms. The van der Waals surface area contributed by atoms with Crippen LogP contribution in [0.3, 0.4) is 0 Å². The lowest BCUT2D eigenvalue weighted by atomic mass is 10.1.